The molecule has 1 heterocycles. The average Bonchev–Trinajstić information content (AvgIpc) is 3.10. The zero-order valence-corrected chi connectivity index (χ0v) is 13.8. The first-order valence-electron chi connectivity index (χ1n) is 7.43. The van der Waals surface area contributed by atoms with Crippen LogP contribution >= 0.6 is 11.6 Å². The fraction of sp³-hybridized carbons (Fsp3) is 0.105. The number of methoxy groups -OCH3 is 1. The van der Waals surface area contributed by atoms with Crippen molar-refractivity contribution < 1.29 is 13.9 Å². The maximum atomic E-state index is 12.3. The summed E-state index contributed by atoms with van der Waals surface area (Å²) >= 11 is 5.98. The number of nitrogens with one attached hydrogen (secondary N) is 1. The summed E-state index contributed by atoms with van der Waals surface area (Å²) in [4.78, 5) is 12.3. The number of ether oxygens (including phenoxy) is 1. The van der Waals surface area contributed by atoms with Gasteiger partial charge in [0.15, 0.2) is 5.76 Å². The summed E-state index contributed by atoms with van der Waals surface area (Å²) in [6.45, 7) is 0.357. The van der Waals surface area contributed by atoms with Gasteiger partial charge in [-0.15, -0.1) is 0 Å². The number of carbonyl (C=O) groups is 1. The zero-order chi connectivity index (χ0) is 16.9. The molecule has 24 heavy (non-hydrogen) atoms. The SMILES string of the molecule is COc1ccccc1CNC(=O)c1ccc(-c2cccc(Cl)c2)o1. The van der Waals surface area contributed by atoms with Gasteiger partial charge in [0.05, 0.1) is 7.11 Å². The molecule has 2 aromatic carbocycles. The summed E-state index contributed by atoms with van der Waals surface area (Å²) in [5.41, 5.74) is 1.72. The van der Waals surface area contributed by atoms with E-state index in [-0.39, 0.29) is 11.7 Å². The molecule has 0 bridgehead atoms. The molecule has 0 atom stereocenters. The lowest BCUT2D eigenvalue weighted by molar-refractivity contribution is 0.0924. The summed E-state index contributed by atoms with van der Waals surface area (Å²) in [7, 11) is 1.60. The second-order valence-corrected chi connectivity index (χ2v) is 5.61. The van der Waals surface area contributed by atoms with Crippen LogP contribution in [0.3, 0.4) is 0 Å². The number of halogens is 1. The molecular formula is C19H16ClNO3. The quantitative estimate of drug-likeness (QED) is 0.741. The highest BCUT2D eigenvalue weighted by Gasteiger charge is 2.13. The van der Waals surface area contributed by atoms with Crippen molar-refractivity contribution in [3.63, 3.8) is 0 Å². The second kappa shape index (κ2) is 7.23. The number of hydrogen-bond acceptors (Lipinski definition) is 3. The molecule has 3 aromatic rings. The van der Waals surface area contributed by atoms with Crippen LogP contribution in [0.1, 0.15) is 16.1 Å². The first-order valence-corrected chi connectivity index (χ1v) is 7.81. The monoisotopic (exact) mass is 341 g/mol. The molecule has 5 heteroatoms. The van der Waals surface area contributed by atoms with Gasteiger partial charge in [0.1, 0.15) is 11.5 Å². The van der Waals surface area contributed by atoms with Gasteiger partial charge in [-0.1, -0.05) is 41.9 Å². The van der Waals surface area contributed by atoms with E-state index >= 15 is 0 Å². The van der Waals surface area contributed by atoms with E-state index < -0.39 is 0 Å². The number of para-hydroxylation sites is 1. The van der Waals surface area contributed by atoms with Crippen molar-refractivity contribution in [2.75, 3.05) is 7.11 Å². The molecule has 0 saturated carbocycles. The van der Waals surface area contributed by atoms with Crippen LogP contribution in [0.25, 0.3) is 11.3 Å². The molecule has 0 unspecified atom stereocenters. The molecule has 0 fully saturated rings. The molecule has 0 aliphatic rings. The summed E-state index contributed by atoms with van der Waals surface area (Å²) in [5, 5.41) is 3.44. The molecule has 0 aliphatic heterocycles. The molecule has 1 aromatic heterocycles. The Hall–Kier alpha value is -2.72. The lowest BCUT2D eigenvalue weighted by Gasteiger charge is -2.08. The third-order valence-corrected chi connectivity index (χ3v) is 3.81. The highest BCUT2D eigenvalue weighted by molar-refractivity contribution is 6.30. The first kappa shape index (κ1) is 16.1. The number of carbonyl (C=O) groups excluding carboxylic acids is 1. The Kier molecular flexibility index (Phi) is 4.87. The van der Waals surface area contributed by atoms with E-state index in [1.54, 1.807) is 31.4 Å². The van der Waals surface area contributed by atoms with Gasteiger partial charge < -0.3 is 14.5 Å². The third-order valence-electron chi connectivity index (χ3n) is 3.57. The van der Waals surface area contributed by atoms with Crippen LogP contribution in [0.15, 0.2) is 65.1 Å². The van der Waals surface area contributed by atoms with E-state index in [9.17, 15) is 4.79 Å². The number of benzene rings is 2. The van der Waals surface area contributed by atoms with Crippen LogP contribution in [0, 0.1) is 0 Å². The van der Waals surface area contributed by atoms with Gasteiger partial charge in [-0.2, -0.15) is 0 Å². The average molecular weight is 342 g/mol. The summed E-state index contributed by atoms with van der Waals surface area (Å²) in [6, 6.07) is 18.2. The van der Waals surface area contributed by atoms with E-state index in [0.717, 1.165) is 16.9 Å². The van der Waals surface area contributed by atoms with Crippen molar-refractivity contribution in [3.05, 3.63) is 77.0 Å². The normalized spacial score (nSPS) is 10.4. The minimum absolute atomic E-state index is 0.250. The molecule has 3 rings (SSSR count). The van der Waals surface area contributed by atoms with Gasteiger partial charge in [0.25, 0.3) is 5.91 Å². The third kappa shape index (κ3) is 3.60. The Morgan fingerprint density at radius 2 is 1.96 bits per heavy atom. The number of hydrogen-bond donors (Lipinski definition) is 1. The highest BCUT2D eigenvalue weighted by Crippen LogP contribution is 2.25. The van der Waals surface area contributed by atoms with Gasteiger partial charge >= 0.3 is 0 Å². The topological polar surface area (TPSA) is 51.5 Å². The van der Waals surface area contributed by atoms with Crippen LogP contribution in [0.4, 0.5) is 0 Å². The van der Waals surface area contributed by atoms with Crippen LogP contribution in [0.2, 0.25) is 5.02 Å². The van der Waals surface area contributed by atoms with Gasteiger partial charge in [0, 0.05) is 22.7 Å². The molecule has 0 aliphatic carbocycles. The number of amides is 1. The van der Waals surface area contributed by atoms with Crippen molar-refractivity contribution in [1.29, 1.82) is 0 Å². The summed E-state index contributed by atoms with van der Waals surface area (Å²) in [5.74, 6) is 1.30. The number of furan rings is 1. The predicted molar refractivity (Wildman–Crippen MR) is 93.3 cm³/mol. The molecule has 4 nitrogen and oxygen atoms in total. The molecule has 1 N–H and O–H groups in total. The molecule has 0 radical (unpaired) electrons. The van der Waals surface area contributed by atoms with Crippen molar-refractivity contribution in [2.24, 2.45) is 0 Å². The zero-order valence-electron chi connectivity index (χ0n) is 13.1. The maximum absolute atomic E-state index is 12.3. The van der Waals surface area contributed by atoms with E-state index in [0.29, 0.717) is 17.3 Å². The standard InChI is InChI=1S/C19H16ClNO3/c1-23-16-8-3-2-5-14(16)12-21-19(22)18-10-9-17(24-18)13-6-4-7-15(20)11-13/h2-11H,12H2,1H3,(H,21,22). The van der Waals surface area contributed by atoms with Crippen LogP contribution in [0.5, 0.6) is 5.75 Å². The summed E-state index contributed by atoms with van der Waals surface area (Å²) in [6.07, 6.45) is 0. The van der Waals surface area contributed by atoms with Gasteiger partial charge in [0.2, 0.25) is 0 Å². The Morgan fingerprint density at radius 3 is 2.75 bits per heavy atom. The molecule has 0 saturated heterocycles. The van der Waals surface area contributed by atoms with Crippen LogP contribution in [-0.4, -0.2) is 13.0 Å². The van der Waals surface area contributed by atoms with Crippen molar-refractivity contribution in [1.82, 2.24) is 5.32 Å². The Balaban J connectivity index is 1.70. The first-order chi connectivity index (χ1) is 11.7. The molecule has 122 valence electrons. The fourth-order valence-corrected chi connectivity index (χ4v) is 2.56. The Morgan fingerprint density at radius 1 is 1.12 bits per heavy atom. The number of rotatable bonds is 5. The van der Waals surface area contributed by atoms with Crippen LogP contribution < -0.4 is 10.1 Å². The highest BCUT2D eigenvalue weighted by atomic mass is 35.5. The fourth-order valence-electron chi connectivity index (χ4n) is 2.37. The molecular weight excluding hydrogens is 326 g/mol. The minimum atomic E-state index is -0.283. The van der Waals surface area contributed by atoms with Crippen molar-refractivity contribution in [3.8, 4) is 17.1 Å². The van der Waals surface area contributed by atoms with Gasteiger partial charge in [-0.05, 0) is 30.3 Å². The Labute approximate surface area is 145 Å². The van der Waals surface area contributed by atoms with Crippen LogP contribution in [-0.2, 0) is 6.54 Å². The van der Waals surface area contributed by atoms with Gasteiger partial charge in [-0.3, -0.25) is 4.79 Å². The van der Waals surface area contributed by atoms with Gasteiger partial charge in [-0.25, -0.2) is 0 Å². The van der Waals surface area contributed by atoms with E-state index in [1.165, 1.54) is 0 Å². The van der Waals surface area contributed by atoms with E-state index in [1.807, 2.05) is 36.4 Å². The predicted octanol–water partition coefficient (Wildman–Crippen LogP) is 4.54. The Bertz CT molecular complexity index is 857. The minimum Gasteiger partial charge on any atom is -0.496 e. The second-order valence-electron chi connectivity index (χ2n) is 5.17. The largest absolute Gasteiger partial charge is 0.496 e. The molecule has 1 amide bonds. The lowest BCUT2D eigenvalue weighted by Crippen LogP contribution is -2.22. The van der Waals surface area contributed by atoms with E-state index in [2.05, 4.69) is 5.32 Å². The maximum Gasteiger partial charge on any atom is 0.287 e. The smallest absolute Gasteiger partial charge is 0.287 e. The lowest BCUT2D eigenvalue weighted by atomic mass is 10.2. The van der Waals surface area contributed by atoms with Crippen molar-refractivity contribution >= 4 is 17.5 Å². The van der Waals surface area contributed by atoms with E-state index in [4.69, 9.17) is 20.8 Å². The summed E-state index contributed by atoms with van der Waals surface area (Å²) < 4.78 is 10.9. The molecule has 0 spiro atoms. The van der Waals surface area contributed by atoms with Crippen molar-refractivity contribution in [2.45, 2.75) is 6.54 Å².